The number of aryl methyl sites for hydroxylation is 1. The van der Waals surface area contributed by atoms with E-state index in [1.54, 1.807) is 24.3 Å². The van der Waals surface area contributed by atoms with Crippen molar-refractivity contribution in [2.75, 3.05) is 45.9 Å². The van der Waals surface area contributed by atoms with E-state index in [-0.39, 0.29) is 7.53 Å². The van der Waals surface area contributed by atoms with Crippen LogP contribution in [0.2, 0.25) is 0 Å². The van der Waals surface area contributed by atoms with Crippen LogP contribution in [0, 0.1) is 18.3 Å². The van der Waals surface area contributed by atoms with Crippen LogP contribution in [0.5, 0.6) is 5.75 Å². The number of H-pyrrole nitrogens is 1. The van der Waals surface area contributed by atoms with E-state index in [9.17, 15) is 14.0 Å². The van der Waals surface area contributed by atoms with Crippen molar-refractivity contribution in [3.8, 4) is 22.9 Å². The zero-order chi connectivity index (χ0) is 30.0. The fourth-order valence-corrected chi connectivity index (χ4v) is 5.46. The fourth-order valence-electron chi connectivity index (χ4n) is 5.10. The highest BCUT2D eigenvalue weighted by Crippen LogP contribution is 2.32. The third-order valence-corrected chi connectivity index (χ3v) is 8.19. The molecule has 0 amide bonds. The van der Waals surface area contributed by atoms with Crippen LogP contribution in [0.3, 0.4) is 0 Å². The number of morpholine rings is 1. The smallest absolute Gasteiger partial charge is 0.137 e. The Balaban J connectivity index is 0.000000344. The van der Waals surface area contributed by atoms with Gasteiger partial charge < -0.3 is 24.3 Å². The molecule has 1 unspecified atom stereocenters. The van der Waals surface area contributed by atoms with Crippen molar-refractivity contribution in [1.82, 2.24) is 20.2 Å². The zero-order valence-corrected chi connectivity index (χ0v) is 25.1. The minimum Gasteiger partial charge on any atom is -0.768 e. The number of nitrogens with one attached hydrogen (secondary N) is 2. The number of hydrogen-bond donors (Lipinski definition) is 2. The maximum atomic E-state index is 10.3. The lowest BCUT2D eigenvalue weighted by Crippen LogP contribution is -2.36. The van der Waals surface area contributed by atoms with Gasteiger partial charge in [-0.05, 0) is 85.4 Å². The van der Waals surface area contributed by atoms with Crippen molar-refractivity contribution in [3.05, 3.63) is 83.7 Å². The lowest BCUT2D eigenvalue weighted by Gasteiger charge is -2.25. The van der Waals surface area contributed by atoms with Gasteiger partial charge in [0.2, 0.25) is 0 Å². The molecule has 2 N–H and O–H groups in total. The average molecular weight is 601 g/mol. The highest BCUT2D eigenvalue weighted by atomic mass is 32.2. The van der Waals surface area contributed by atoms with Gasteiger partial charge in [-0.2, -0.15) is 5.26 Å². The van der Waals surface area contributed by atoms with Crippen LogP contribution in [-0.4, -0.2) is 75.7 Å². The predicted molar refractivity (Wildman–Crippen MR) is 170 cm³/mol. The molecule has 0 saturated carbocycles. The van der Waals surface area contributed by atoms with Crippen LogP contribution in [-0.2, 0) is 15.8 Å². The first kappa shape index (κ1) is 30.6. The summed E-state index contributed by atoms with van der Waals surface area (Å²) in [6, 6.07) is 17.0. The Hall–Kier alpha value is -3.85. The highest BCUT2D eigenvalue weighted by molar-refractivity contribution is 7.79. The van der Waals surface area contributed by atoms with E-state index in [0.717, 1.165) is 92.1 Å². The number of hydrogen-bond acceptors (Lipinski definition) is 8. The average Bonchev–Trinajstić information content (AvgIpc) is 3.46. The molecule has 4 aromatic rings. The predicted octanol–water partition coefficient (Wildman–Crippen LogP) is 5.06. The maximum absolute atomic E-state index is 10.3. The summed E-state index contributed by atoms with van der Waals surface area (Å²) in [6.07, 6.45) is 10.2. The number of piperidine rings is 1. The first-order valence-corrected chi connectivity index (χ1v) is 15.6. The van der Waals surface area contributed by atoms with Gasteiger partial charge in [0.25, 0.3) is 0 Å². The lowest BCUT2D eigenvalue weighted by atomic mass is 10.0. The Morgan fingerprint density at radius 1 is 1.19 bits per heavy atom. The minimum atomic E-state index is -2.09. The van der Waals surface area contributed by atoms with Gasteiger partial charge in [0.1, 0.15) is 23.6 Å². The Labute approximate surface area is 256 Å². The molecular formula is C33H38N5O4S-. The second kappa shape index (κ2) is 15.0. The summed E-state index contributed by atoms with van der Waals surface area (Å²) in [5.74, 6) is 0.665. The summed E-state index contributed by atoms with van der Waals surface area (Å²) in [7, 11) is 0. The molecular weight excluding hydrogens is 562 g/mol. The molecule has 6 rings (SSSR count). The molecule has 2 aromatic heterocycles. The summed E-state index contributed by atoms with van der Waals surface area (Å²) in [4.78, 5) is 10.6. The molecule has 2 aliphatic heterocycles. The highest BCUT2D eigenvalue weighted by Gasteiger charge is 2.17. The number of nitrogens with zero attached hydrogens (tertiary/aromatic N) is 3. The topological polar surface area (TPSA) is 126 Å². The van der Waals surface area contributed by atoms with Gasteiger partial charge in [-0.25, -0.2) is 4.98 Å². The molecule has 2 aromatic carbocycles. The molecule has 2 saturated heterocycles. The van der Waals surface area contributed by atoms with Crippen molar-refractivity contribution in [2.45, 2.75) is 30.8 Å². The number of pyridine rings is 1. The van der Waals surface area contributed by atoms with E-state index in [0.29, 0.717) is 16.2 Å². The first-order chi connectivity index (χ1) is 21.0. The molecule has 0 aliphatic carbocycles. The van der Waals surface area contributed by atoms with Crippen LogP contribution >= 0.6 is 0 Å². The fraction of sp³-hybridized carbons (Fsp3) is 0.333. The normalized spacial score (nSPS) is 16.9. The number of aromatic amines is 1. The standard InChI is InChI=1S/C26H29N5O2.C7H8O2S.H2/c27-16-21-15-20(3-4-25(21)33-22-5-7-28-8-6-22)24-18-30-26-23(24)14-19(17-29-26)2-1-9-31-10-12-32-13-11-31;1-6-2-4-7(5-3-6)10(8)9;/h1-4,14-15,17-18,22,28H,5-13H2,(H,29,30);2-5H,1H3,(H,8,9);1H/p-1/b2-1+;;. The number of nitriles is 1. The van der Waals surface area contributed by atoms with Crippen LogP contribution < -0.4 is 10.1 Å². The molecule has 9 nitrogen and oxygen atoms in total. The third-order valence-electron chi connectivity index (χ3n) is 7.53. The van der Waals surface area contributed by atoms with Crippen molar-refractivity contribution in [3.63, 3.8) is 0 Å². The Morgan fingerprint density at radius 2 is 1.95 bits per heavy atom. The van der Waals surface area contributed by atoms with E-state index >= 15 is 0 Å². The quantitative estimate of drug-likeness (QED) is 0.282. The van der Waals surface area contributed by atoms with E-state index in [4.69, 9.17) is 9.47 Å². The Kier molecular flexibility index (Phi) is 10.7. The number of ether oxygens (including phenoxy) is 2. The van der Waals surface area contributed by atoms with Crippen LogP contribution in [0.1, 0.15) is 31.0 Å². The Bertz CT molecular complexity index is 1610. The van der Waals surface area contributed by atoms with Crippen LogP contribution in [0.25, 0.3) is 28.2 Å². The summed E-state index contributed by atoms with van der Waals surface area (Å²) < 4.78 is 32.2. The van der Waals surface area contributed by atoms with Gasteiger partial charge in [0, 0.05) is 49.3 Å². The van der Waals surface area contributed by atoms with Gasteiger partial charge in [-0.1, -0.05) is 35.9 Å². The lowest BCUT2D eigenvalue weighted by molar-refractivity contribution is 0.0435. The van der Waals surface area contributed by atoms with E-state index in [2.05, 4.69) is 44.5 Å². The molecule has 1 atom stereocenters. The molecule has 10 heteroatoms. The summed E-state index contributed by atoms with van der Waals surface area (Å²) in [5.41, 5.74) is 5.54. The second-order valence-electron chi connectivity index (χ2n) is 10.6. The van der Waals surface area contributed by atoms with Gasteiger partial charge in [-0.3, -0.25) is 9.11 Å². The van der Waals surface area contributed by atoms with E-state index in [1.165, 1.54) is 0 Å². The summed E-state index contributed by atoms with van der Waals surface area (Å²) in [6.45, 7) is 8.29. The number of benzene rings is 2. The van der Waals surface area contributed by atoms with Crippen molar-refractivity contribution < 1.29 is 19.7 Å². The number of aromatic nitrogens is 2. The molecule has 2 fully saturated rings. The van der Waals surface area contributed by atoms with E-state index in [1.807, 2.05) is 37.5 Å². The number of rotatable bonds is 7. The van der Waals surface area contributed by atoms with Crippen molar-refractivity contribution >= 4 is 28.2 Å². The van der Waals surface area contributed by atoms with Gasteiger partial charge >= 0.3 is 0 Å². The van der Waals surface area contributed by atoms with Gasteiger partial charge in [0.15, 0.2) is 0 Å². The van der Waals surface area contributed by atoms with Crippen molar-refractivity contribution in [1.29, 1.82) is 5.26 Å². The maximum Gasteiger partial charge on any atom is 0.137 e. The number of fused-ring (bicyclic) bond motifs is 1. The summed E-state index contributed by atoms with van der Waals surface area (Å²) >= 11 is -2.09. The SMILES string of the molecule is Cc1ccc(S(=O)[O-])cc1.N#Cc1cc(-c2c[nH]c3ncc(/C=C/CN4CCOCC4)cc23)ccc1OC1CCNCC1.[HH]. The molecule has 4 heterocycles. The second-order valence-corrected chi connectivity index (χ2v) is 11.6. The Morgan fingerprint density at radius 3 is 2.67 bits per heavy atom. The van der Waals surface area contributed by atoms with Crippen molar-refractivity contribution in [2.24, 2.45) is 0 Å². The zero-order valence-electron chi connectivity index (χ0n) is 24.3. The molecule has 226 valence electrons. The van der Waals surface area contributed by atoms with Crippen LogP contribution in [0.15, 0.2) is 71.9 Å². The molecule has 43 heavy (non-hydrogen) atoms. The summed E-state index contributed by atoms with van der Waals surface area (Å²) in [5, 5.41) is 14.1. The minimum absolute atomic E-state index is 0. The van der Waals surface area contributed by atoms with Crippen LogP contribution in [0.4, 0.5) is 0 Å². The molecule has 0 spiro atoms. The van der Waals surface area contributed by atoms with Gasteiger partial charge in [-0.15, -0.1) is 0 Å². The van der Waals surface area contributed by atoms with Gasteiger partial charge in [0.05, 0.1) is 18.8 Å². The third kappa shape index (κ3) is 8.38. The molecule has 0 bridgehead atoms. The monoisotopic (exact) mass is 600 g/mol. The largest absolute Gasteiger partial charge is 0.768 e. The first-order valence-electron chi connectivity index (χ1n) is 14.5. The molecule has 2 aliphatic rings. The van der Waals surface area contributed by atoms with E-state index < -0.39 is 11.1 Å². The molecule has 0 radical (unpaired) electrons.